The molecule has 4 rings (SSSR count). The third kappa shape index (κ3) is 8.34. The van der Waals surface area contributed by atoms with Crippen molar-refractivity contribution in [3.8, 4) is 16.9 Å². The number of piperazine rings is 1. The van der Waals surface area contributed by atoms with Gasteiger partial charge < -0.3 is 9.64 Å². The highest BCUT2D eigenvalue weighted by Gasteiger charge is 2.31. The number of carbonyl (C=O) groups excluding carboxylic acids is 1. The van der Waals surface area contributed by atoms with E-state index in [0.717, 1.165) is 36.5 Å². The van der Waals surface area contributed by atoms with E-state index in [0.29, 0.717) is 25.5 Å². The standard InChI is InChI=1S/C24H27F3N6O4S2/c1-2-37-19-11-17(13-28-14-19)18-12-20(38-16-18)15-32-6-8-33(9-7-32)22-4-3-21(29-30-22)23(34)31-39(35,36)10-5-24(25,26)27/h3-4,11-14,16H,2,5-10,15H2,1H3,(H,31,34). The summed E-state index contributed by atoms with van der Waals surface area (Å²) in [5, 5.41) is 9.88. The highest BCUT2D eigenvalue weighted by Crippen LogP contribution is 2.28. The second-order valence-corrected chi connectivity index (χ2v) is 11.6. The monoisotopic (exact) mass is 584 g/mol. The first-order valence-corrected chi connectivity index (χ1v) is 14.6. The zero-order chi connectivity index (χ0) is 28.0. The van der Waals surface area contributed by atoms with Crippen LogP contribution in [0.25, 0.3) is 11.1 Å². The van der Waals surface area contributed by atoms with E-state index in [9.17, 15) is 26.4 Å². The molecule has 0 saturated carbocycles. The highest BCUT2D eigenvalue weighted by molar-refractivity contribution is 7.90. The van der Waals surface area contributed by atoms with Crippen LogP contribution in [0.15, 0.2) is 42.0 Å². The molecule has 3 aromatic rings. The maximum absolute atomic E-state index is 12.3. The molecule has 0 spiro atoms. The van der Waals surface area contributed by atoms with Crippen molar-refractivity contribution in [2.45, 2.75) is 26.1 Å². The Morgan fingerprint density at radius 2 is 1.87 bits per heavy atom. The van der Waals surface area contributed by atoms with Crippen molar-refractivity contribution < 1.29 is 31.1 Å². The number of thiophene rings is 1. The summed E-state index contributed by atoms with van der Waals surface area (Å²) < 4.78 is 67.5. The number of ether oxygens (including phenoxy) is 1. The molecule has 1 saturated heterocycles. The first-order chi connectivity index (χ1) is 18.5. The van der Waals surface area contributed by atoms with E-state index in [1.165, 1.54) is 17.0 Å². The summed E-state index contributed by atoms with van der Waals surface area (Å²) in [5.74, 6) is -1.12. The fourth-order valence-electron chi connectivity index (χ4n) is 3.90. The number of hydrogen-bond donors (Lipinski definition) is 1. The molecular weight excluding hydrogens is 557 g/mol. The number of aromatic nitrogens is 3. The number of alkyl halides is 3. The summed E-state index contributed by atoms with van der Waals surface area (Å²) in [6.07, 6.45) is -2.69. The number of nitrogens with one attached hydrogen (secondary N) is 1. The molecule has 10 nitrogen and oxygen atoms in total. The molecule has 1 N–H and O–H groups in total. The summed E-state index contributed by atoms with van der Waals surface area (Å²) in [5.41, 5.74) is 1.79. The third-order valence-electron chi connectivity index (χ3n) is 5.87. The normalized spacial score (nSPS) is 14.8. The molecule has 0 aromatic carbocycles. The number of halogens is 3. The third-order valence-corrected chi connectivity index (χ3v) is 8.03. The Morgan fingerprint density at radius 3 is 2.54 bits per heavy atom. The molecule has 4 heterocycles. The van der Waals surface area contributed by atoms with Gasteiger partial charge in [0, 0.05) is 49.4 Å². The molecule has 1 aliphatic heterocycles. The van der Waals surface area contributed by atoms with Crippen LogP contribution in [0.2, 0.25) is 0 Å². The van der Waals surface area contributed by atoms with E-state index in [2.05, 4.69) is 31.5 Å². The SMILES string of the molecule is CCOc1cncc(-c2csc(CN3CCN(c4ccc(C(=O)NS(=O)(=O)CCC(F)(F)F)nn4)CC3)c2)c1. The molecule has 0 unspecified atom stereocenters. The van der Waals surface area contributed by atoms with Crippen LogP contribution >= 0.6 is 11.3 Å². The van der Waals surface area contributed by atoms with Gasteiger partial charge in [-0.2, -0.15) is 13.2 Å². The van der Waals surface area contributed by atoms with Crippen molar-refractivity contribution in [1.82, 2.24) is 24.8 Å². The maximum atomic E-state index is 12.3. The smallest absolute Gasteiger partial charge is 0.390 e. The van der Waals surface area contributed by atoms with Crippen molar-refractivity contribution in [3.05, 3.63) is 52.6 Å². The average molecular weight is 585 g/mol. The number of hydrogen-bond acceptors (Lipinski definition) is 10. The number of amides is 1. The molecule has 210 valence electrons. The average Bonchev–Trinajstić information content (AvgIpc) is 3.36. The number of anilines is 1. The zero-order valence-electron chi connectivity index (χ0n) is 21.0. The Labute approximate surface area is 227 Å². The van der Waals surface area contributed by atoms with Crippen molar-refractivity contribution >= 4 is 33.1 Å². The van der Waals surface area contributed by atoms with Crippen LogP contribution < -0.4 is 14.4 Å². The quantitative estimate of drug-likeness (QED) is 0.383. The largest absolute Gasteiger partial charge is 0.492 e. The number of rotatable bonds is 10. The van der Waals surface area contributed by atoms with E-state index in [4.69, 9.17) is 4.74 Å². The van der Waals surface area contributed by atoms with Crippen molar-refractivity contribution in [1.29, 1.82) is 0 Å². The molecule has 1 amide bonds. The van der Waals surface area contributed by atoms with E-state index < -0.39 is 34.3 Å². The number of sulfonamides is 1. The summed E-state index contributed by atoms with van der Waals surface area (Å²) in [7, 11) is -4.45. The van der Waals surface area contributed by atoms with Crippen LogP contribution in [0.1, 0.15) is 28.7 Å². The van der Waals surface area contributed by atoms with Crippen LogP contribution in [-0.4, -0.2) is 79.1 Å². The molecule has 0 bridgehead atoms. The molecule has 3 aromatic heterocycles. The van der Waals surface area contributed by atoms with Crippen LogP contribution in [0, 0.1) is 0 Å². The van der Waals surface area contributed by atoms with E-state index in [-0.39, 0.29) is 5.69 Å². The van der Waals surface area contributed by atoms with Gasteiger partial charge in [0.15, 0.2) is 11.5 Å². The van der Waals surface area contributed by atoms with Gasteiger partial charge in [-0.05, 0) is 42.1 Å². The Kier molecular flexibility index (Phi) is 9.02. The van der Waals surface area contributed by atoms with E-state index >= 15 is 0 Å². The van der Waals surface area contributed by atoms with Gasteiger partial charge in [-0.25, -0.2) is 13.1 Å². The Balaban J connectivity index is 1.27. The van der Waals surface area contributed by atoms with Crippen LogP contribution in [0.5, 0.6) is 5.75 Å². The number of pyridine rings is 1. The molecule has 15 heteroatoms. The van der Waals surface area contributed by atoms with Gasteiger partial charge in [-0.15, -0.1) is 21.5 Å². The van der Waals surface area contributed by atoms with Crippen molar-refractivity contribution in [2.75, 3.05) is 43.4 Å². The predicted octanol–water partition coefficient (Wildman–Crippen LogP) is 3.33. The molecule has 39 heavy (non-hydrogen) atoms. The first-order valence-electron chi connectivity index (χ1n) is 12.1. The topological polar surface area (TPSA) is 118 Å². The Hall–Kier alpha value is -3.30. The molecule has 0 aliphatic carbocycles. The zero-order valence-corrected chi connectivity index (χ0v) is 22.7. The molecular formula is C24H27F3N6O4S2. The van der Waals surface area contributed by atoms with Crippen molar-refractivity contribution in [3.63, 3.8) is 0 Å². The minimum atomic E-state index is -4.65. The summed E-state index contributed by atoms with van der Waals surface area (Å²) >= 11 is 1.68. The van der Waals surface area contributed by atoms with Gasteiger partial charge in [0.1, 0.15) is 5.75 Å². The fraction of sp³-hybridized carbons (Fsp3) is 0.417. The molecule has 0 atom stereocenters. The minimum absolute atomic E-state index is 0.302. The Morgan fingerprint density at radius 1 is 1.10 bits per heavy atom. The summed E-state index contributed by atoms with van der Waals surface area (Å²) in [4.78, 5) is 21.9. The van der Waals surface area contributed by atoms with Crippen LogP contribution in [-0.2, 0) is 16.6 Å². The lowest BCUT2D eigenvalue weighted by molar-refractivity contribution is -0.130. The van der Waals surface area contributed by atoms with Crippen LogP contribution in [0.3, 0.4) is 0 Å². The maximum Gasteiger partial charge on any atom is 0.390 e. The lowest BCUT2D eigenvalue weighted by Crippen LogP contribution is -2.46. The lowest BCUT2D eigenvalue weighted by atomic mass is 10.1. The van der Waals surface area contributed by atoms with Gasteiger partial charge in [-0.3, -0.25) is 14.7 Å². The summed E-state index contributed by atoms with van der Waals surface area (Å²) in [6.45, 7) is 6.20. The second kappa shape index (κ2) is 12.3. The predicted molar refractivity (Wildman–Crippen MR) is 140 cm³/mol. The van der Waals surface area contributed by atoms with Gasteiger partial charge >= 0.3 is 6.18 Å². The highest BCUT2D eigenvalue weighted by atomic mass is 32.2. The van der Waals surface area contributed by atoms with Crippen molar-refractivity contribution in [2.24, 2.45) is 0 Å². The van der Waals surface area contributed by atoms with Gasteiger partial charge in [0.05, 0.1) is 25.0 Å². The molecule has 1 aliphatic rings. The number of nitrogens with zero attached hydrogens (tertiary/aromatic N) is 5. The van der Waals surface area contributed by atoms with Gasteiger partial charge in [0.2, 0.25) is 10.0 Å². The van der Waals surface area contributed by atoms with Gasteiger partial charge in [-0.1, -0.05) is 0 Å². The first kappa shape index (κ1) is 28.7. The molecule has 0 radical (unpaired) electrons. The van der Waals surface area contributed by atoms with E-state index in [1.807, 2.05) is 24.1 Å². The fourth-order valence-corrected chi connectivity index (χ4v) is 5.83. The van der Waals surface area contributed by atoms with Gasteiger partial charge in [0.25, 0.3) is 5.91 Å². The van der Waals surface area contributed by atoms with E-state index in [1.54, 1.807) is 22.3 Å². The summed E-state index contributed by atoms with van der Waals surface area (Å²) in [6, 6.07) is 6.97. The molecule has 1 fully saturated rings. The number of carbonyl (C=O) groups is 1. The second-order valence-electron chi connectivity index (χ2n) is 8.80. The lowest BCUT2D eigenvalue weighted by Gasteiger charge is -2.34. The van der Waals surface area contributed by atoms with Crippen LogP contribution in [0.4, 0.5) is 19.0 Å². The minimum Gasteiger partial charge on any atom is -0.492 e. The Bertz CT molecular complexity index is 1380.